The minimum atomic E-state index is -0.902. The number of hydrogen-bond donors (Lipinski definition) is 0. The van der Waals surface area contributed by atoms with Crippen molar-refractivity contribution in [3.63, 3.8) is 0 Å². The summed E-state index contributed by atoms with van der Waals surface area (Å²) in [7, 11) is 0. The highest BCUT2D eigenvalue weighted by molar-refractivity contribution is 5.34. The molecule has 0 aliphatic carbocycles. The lowest BCUT2D eigenvalue weighted by Crippen LogP contribution is -2.41. The van der Waals surface area contributed by atoms with E-state index in [-0.39, 0.29) is 5.82 Å². The number of hydrogen-bond acceptors (Lipinski definition) is 5. The van der Waals surface area contributed by atoms with Gasteiger partial charge in [-0.15, -0.1) is 0 Å². The molecule has 0 amide bonds. The third kappa shape index (κ3) is 3.58. The molecule has 0 bridgehead atoms. The van der Waals surface area contributed by atoms with Crippen molar-refractivity contribution in [2.45, 2.75) is 18.8 Å². The Morgan fingerprint density at radius 2 is 1.65 bits per heavy atom. The van der Waals surface area contributed by atoms with Gasteiger partial charge in [-0.2, -0.15) is 5.10 Å². The van der Waals surface area contributed by atoms with Gasteiger partial charge < -0.3 is 14.2 Å². The second-order valence-corrected chi connectivity index (χ2v) is 5.98. The van der Waals surface area contributed by atoms with Crippen LogP contribution in [0.3, 0.4) is 0 Å². The standard InChI is InChI=1S/C19H18FN3O3/c20-16-4-8-18(9-5-16)26-17-6-2-15(3-7-17)19(24-10-1-11-25-19)12-23-14-21-13-22-23/h2-9,13-14H,1,10-12H2. The quantitative estimate of drug-likeness (QED) is 0.701. The van der Waals surface area contributed by atoms with Crippen LogP contribution < -0.4 is 4.74 Å². The Kier molecular flexibility index (Phi) is 4.64. The van der Waals surface area contributed by atoms with Crippen LogP contribution in [0, 0.1) is 5.82 Å². The highest BCUT2D eigenvalue weighted by atomic mass is 19.1. The van der Waals surface area contributed by atoms with Crippen molar-refractivity contribution in [1.29, 1.82) is 0 Å². The van der Waals surface area contributed by atoms with Crippen molar-refractivity contribution in [2.24, 2.45) is 0 Å². The topological polar surface area (TPSA) is 58.4 Å². The highest BCUT2D eigenvalue weighted by Gasteiger charge is 2.37. The Balaban J connectivity index is 1.55. The van der Waals surface area contributed by atoms with E-state index in [1.54, 1.807) is 23.1 Å². The highest BCUT2D eigenvalue weighted by Crippen LogP contribution is 2.34. The summed E-state index contributed by atoms with van der Waals surface area (Å²) in [6, 6.07) is 13.4. The van der Waals surface area contributed by atoms with Crippen molar-refractivity contribution in [3.8, 4) is 11.5 Å². The fraction of sp³-hybridized carbons (Fsp3) is 0.263. The Labute approximate surface area is 150 Å². The molecule has 0 atom stereocenters. The van der Waals surface area contributed by atoms with Crippen LogP contribution in [-0.4, -0.2) is 28.0 Å². The summed E-state index contributed by atoms with van der Waals surface area (Å²) in [6.45, 7) is 1.64. The van der Waals surface area contributed by atoms with Gasteiger partial charge in [-0.1, -0.05) is 0 Å². The predicted octanol–water partition coefficient (Wildman–Crippen LogP) is 3.50. The summed E-state index contributed by atoms with van der Waals surface area (Å²) in [5.41, 5.74) is 0.874. The fourth-order valence-corrected chi connectivity index (χ4v) is 2.87. The maximum atomic E-state index is 13.0. The van der Waals surface area contributed by atoms with Gasteiger partial charge in [0.25, 0.3) is 0 Å². The van der Waals surface area contributed by atoms with Crippen LogP contribution in [-0.2, 0) is 21.8 Å². The van der Waals surface area contributed by atoms with Crippen LogP contribution >= 0.6 is 0 Å². The number of benzene rings is 2. The molecular formula is C19H18FN3O3. The summed E-state index contributed by atoms with van der Waals surface area (Å²) < 4.78 is 32.4. The normalized spacial score (nSPS) is 16.3. The van der Waals surface area contributed by atoms with Gasteiger partial charge in [-0.25, -0.2) is 14.1 Å². The Hall–Kier alpha value is -2.77. The van der Waals surface area contributed by atoms with Crippen molar-refractivity contribution < 1.29 is 18.6 Å². The SMILES string of the molecule is Fc1ccc(Oc2ccc(C3(Cn4cncn4)OCCCO3)cc2)cc1. The number of rotatable bonds is 5. The molecule has 134 valence electrons. The van der Waals surface area contributed by atoms with Gasteiger partial charge >= 0.3 is 0 Å². The molecule has 3 aromatic rings. The first-order valence-electron chi connectivity index (χ1n) is 8.38. The lowest BCUT2D eigenvalue weighted by Gasteiger charge is -2.37. The molecule has 0 spiro atoms. The van der Waals surface area contributed by atoms with Gasteiger partial charge in [0, 0.05) is 5.56 Å². The number of nitrogens with zero attached hydrogens (tertiary/aromatic N) is 3. The molecule has 2 aromatic carbocycles. The van der Waals surface area contributed by atoms with Gasteiger partial charge in [0.05, 0.1) is 13.2 Å². The zero-order chi connectivity index (χ0) is 17.8. The van der Waals surface area contributed by atoms with Crippen molar-refractivity contribution in [2.75, 3.05) is 13.2 Å². The van der Waals surface area contributed by atoms with E-state index in [1.165, 1.54) is 18.5 Å². The predicted molar refractivity (Wildman–Crippen MR) is 91.1 cm³/mol. The van der Waals surface area contributed by atoms with Crippen molar-refractivity contribution >= 4 is 0 Å². The van der Waals surface area contributed by atoms with Gasteiger partial charge in [0.2, 0.25) is 5.79 Å². The summed E-state index contributed by atoms with van der Waals surface area (Å²) in [5, 5.41) is 4.15. The maximum absolute atomic E-state index is 13.0. The van der Waals surface area contributed by atoms with Gasteiger partial charge in [-0.05, 0) is 55.0 Å². The molecular weight excluding hydrogens is 337 g/mol. The third-order valence-corrected chi connectivity index (χ3v) is 4.14. The lowest BCUT2D eigenvalue weighted by atomic mass is 10.0. The van der Waals surface area contributed by atoms with E-state index in [0.717, 1.165) is 12.0 Å². The summed E-state index contributed by atoms with van der Waals surface area (Å²) in [4.78, 5) is 3.97. The molecule has 2 heterocycles. The smallest absolute Gasteiger partial charge is 0.215 e. The summed E-state index contributed by atoms with van der Waals surface area (Å²) in [6.07, 6.45) is 3.97. The third-order valence-electron chi connectivity index (χ3n) is 4.14. The molecule has 0 radical (unpaired) electrons. The number of aromatic nitrogens is 3. The average Bonchev–Trinajstić information content (AvgIpc) is 3.18. The first kappa shape index (κ1) is 16.7. The molecule has 4 rings (SSSR count). The first-order chi connectivity index (χ1) is 12.7. The first-order valence-corrected chi connectivity index (χ1v) is 8.38. The second-order valence-electron chi connectivity index (χ2n) is 5.98. The van der Waals surface area contributed by atoms with E-state index < -0.39 is 5.79 Å². The van der Waals surface area contributed by atoms with E-state index in [1.807, 2.05) is 24.3 Å². The van der Waals surface area contributed by atoms with E-state index in [4.69, 9.17) is 14.2 Å². The van der Waals surface area contributed by atoms with Crippen molar-refractivity contribution in [1.82, 2.24) is 14.8 Å². The lowest BCUT2D eigenvalue weighted by molar-refractivity contribution is -0.284. The van der Waals surface area contributed by atoms with E-state index in [9.17, 15) is 4.39 Å². The van der Waals surface area contributed by atoms with Crippen LogP contribution in [0.15, 0.2) is 61.2 Å². The van der Waals surface area contributed by atoms with E-state index in [0.29, 0.717) is 31.3 Å². The number of halogens is 1. The van der Waals surface area contributed by atoms with Crippen LogP contribution in [0.25, 0.3) is 0 Å². The zero-order valence-corrected chi connectivity index (χ0v) is 14.0. The zero-order valence-electron chi connectivity index (χ0n) is 14.0. The van der Waals surface area contributed by atoms with Gasteiger partial charge in [0.15, 0.2) is 0 Å². The Morgan fingerprint density at radius 1 is 1.00 bits per heavy atom. The average molecular weight is 355 g/mol. The van der Waals surface area contributed by atoms with Crippen LogP contribution in [0.1, 0.15) is 12.0 Å². The molecule has 1 saturated heterocycles. The molecule has 0 saturated carbocycles. The largest absolute Gasteiger partial charge is 0.457 e. The van der Waals surface area contributed by atoms with Gasteiger partial charge in [0.1, 0.15) is 36.5 Å². The minimum Gasteiger partial charge on any atom is -0.457 e. The fourth-order valence-electron chi connectivity index (χ4n) is 2.87. The molecule has 0 N–H and O–H groups in total. The summed E-state index contributed by atoms with van der Waals surface area (Å²) in [5.74, 6) is 0.0171. The van der Waals surface area contributed by atoms with E-state index in [2.05, 4.69) is 10.1 Å². The Morgan fingerprint density at radius 3 is 2.27 bits per heavy atom. The number of ether oxygens (including phenoxy) is 3. The molecule has 26 heavy (non-hydrogen) atoms. The maximum Gasteiger partial charge on any atom is 0.215 e. The monoisotopic (exact) mass is 355 g/mol. The van der Waals surface area contributed by atoms with E-state index >= 15 is 0 Å². The molecule has 7 heteroatoms. The summed E-state index contributed by atoms with van der Waals surface area (Å²) >= 11 is 0. The van der Waals surface area contributed by atoms with Crippen LogP contribution in [0.2, 0.25) is 0 Å². The molecule has 1 aromatic heterocycles. The Bertz CT molecular complexity index is 829. The van der Waals surface area contributed by atoms with Crippen LogP contribution in [0.4, 0.5) is 4.39 Å². The molecule has 1 fully saturated rings. The molecule has 6 nitrogen and oxygen atoms in total. The molecule has 1 aliphatic heterocycles. The molecule has 0 unspecified atom stereocenters. The van der Waals surface area contributed by atoms with Crippen molar-refractivity contribution in [3.05, 3.63) is 72.6 Å². The molecule has 1 aliphatic rings. The minimum absolute atomic E-state index is 0.297. The second kappa shape index (κ2) is 7.23. The van der Waals surface area contributed by atoms with Gasteiger partial charge in [-0.3, -0.25) is 0 Å². The van der Waals surface area contributed by atoms with Crippen LogP contribution in [0.5, 0.6) is 11.5 Å².